The molecule has 1 aliphatic carbocycles. The van der Waals surface area contributed by atoms with Gasteiger partial charge in [0.25, 0.3) is 5.91 Å². The van der Waals surface area contributed by atoms with E-state index in [-0.39, 0.29) is 11.8 Å². The van der Waals surface area contributed by atoms with Gasteiger partial charge in [-0.2, -0.15) is 5.10 Å². The fourth-order valence-electron chi connectivity index (χ4n) is 3.42. The number of rotatable bonds is 2. The van der Waals surface area contributed by atoms with Crippen molar-refractivity contribution in [1.29, 1.82) is 0 Å². The molecule has 1 amide bonds. The molecule has 0 radical (unpaired) electrons. The van der Waals surface area contributed by atoms with Crippen LogP contribution < -0.4 is 11.1 Å². The van der Waals surface area contributed by atoms with Crippen molar-refractivity contribution in [1.82, 2.24) is 9.78 Å². The minimum absolute atomic E-state index is 0.121. The van der Waals surface area contributed by atoms with Crippen molar-refractivity contribution < 1.29 is 9.59 Å². The maximum atomic E-state index is 12.6. The second kappa shape index (κ2) is 5.59. The number of hydrogen-bond acceptors (Lipinski definition) is 4. The Labute approximate surface area is 146 Å². The van der Waals surface area contributed by atoms with Crippen molar-refractivity contribution in [3.8, 4) is 0 Å². The highest BCUT2D eigenvalue weighted by atomic mass is 79.9. The lowest BCUT2D eigenvalue weighted by Crippen LogP contribution is -2.32. The van der Waals surface area contributed by atoms with E-state index in [2.05, 4.69) is 26.3 Å². The second-order valence-electron chi connectivity index (χ2n) is 5.97. The molecule has 2 aromatic rings. The standard InChI is InChI=1S/C17H15BrN4O2/c18-10-4-1-3-9(7-10)15-14-12(5-2-6-13(14)23)21-17-11(16(19)24)8-20-22(15)17/h1,3-4,7-8,15,21H,2,5-6H2,(H2,19,24)/t15-/m0/s1. The van der Waals surface area contributed by atoms with Crippen LogP contribution in [0.2, 0.25) is 0 Å². The lowest BCUT2D eigenvalue weighted by atomic mass is 9.85. The molecule has 24 heavy (non-hydrogen) atoms. The number of aromatic nitrogens is 2. The first-order valence-corrected chi connectivity index (χ1v) is 8.51. The van der Waals surface area contributed by atoms with Crippen LogP contribution in [0, 0.1) is 0 Å². The number of Topliss-reactive ketones (excluding diaryl/α,β-unsaturated/α-hetero) is 1. The maximum absolute atomic E-state index is 12.6. The summed E-state index contributed by atoms with van der Waals surface area (Å²) in [6.07, 6.45) is 3.56. The van der Waals surface area contributed by atoms with Gasteiger partial charge < -0.3 is 11.1 Å². The van der Waals surface area contributed by atoms with E-state index < -0.39 is 5.91 Å². The molecule has 1 aromatic heterocycles. The molecule has 0 spiro atoms. The Kier molecular flexibility index (Phi) is 3.53. The molecule has 0 fully saturated rings. The number of nitrogens with two attached hydrogens (primary N) is 1. The molecule has 2 heterocycles. The molecule has 7 heteroatoms. The van der Waals surface area contributed by atoms with Gasteiger partial charge in [-0.05, 0) is 30.5 Å². The molecule has 0 saturated heterocycles. The number of amides is 1. The predicted octanol–water partition coefficient (Wildman–Crippen LogP) is 2.77. The van der Waals surface area contributed by atoms with Gasteiger partial charge in [-0.3, -0.25) is 9.59 Å². The summed E-state index contributed by atoms with van der Waals surface area (Å²) in [5.74, 6) is 0.138. The SMILES string of the molecule is NC(=O)c1cnn2c1NC1=C(C(=O)CCC1)[C@@H]2c1cccc(Br)c1. The lowest BCUT2D eigenvalue weighted by Gasteiger charge is -2.33. The fraction of sp³-hybridized carbons (Fsp3) is 0.235. The number of allylic oxidation sites excluding steroid dienone is 2. The molecule has 1 atom stereocenters. The van der Waals surface area contributed by atoms with Crippen molar-refractivity contribution in [2.45, 2.75) is 25.3 Å². The maximum Gasteiger partial charge on any atom is 0.254 e. The normalized spacial score (nSPS) is 19.5. The summed E-state index contributed by atoms with van der Waals surface area (Å²) in [6, 6.07) is 7.43. The largest absolute Gasteiger partial charge is 0.365 e. The van der Waals surface area contributed by atoms with Gasteiger partial charge in [-0.15, -0.1) is 0 Å². The summed E-state index contributed by atoms with van der Waals surface area (Å²) in [5.41, 5.74) is 8.33. The van der Waals surface area contributed by atoms with Crippen LogP contribution in [0.25, 0.3) is 0 Å². The van der Waals surface area contributed by atoms with E-state index in [1.807, 2.05) is 24.3 Å². The van der Waals surface area contributed by atoms with Crippen LogP contribution in [0.1, 0.15) is 41.2 Å². The quantitative estimate of drug-likeness (QED) is 0.829. The summed E-state index contributed by atoms with van der Waals surface area (Å²) in [7, 11) is 0. The lowest BCUT2D eigenvalue weighted by molar-refractivity contribution is -0.116. The fourth-order valence-corrected chi connectivity index (χ4v) is 3.84. The van der Waals surface area contributed by atoms with Gasteiger partial charge >= 0.3 is 0 Å². The van der Waals surface area contributed by atoms with Crippen LogP contribution in [-0.2, 0) is 4.79 Å². The molecule has 0 bridgehead atoms. The molecule has 4 rings (SSSR count). The third kappa shape index (κ3) is 2.27. The van der Waals surface area contributed by atoms with Crippen LogP contribution in [0.3, 0.4) is 0 Å². The predicted molar refractivity (Wildman–Crippen MR) is 92.5 cm³/mol. The number of carbonyl (C=O) groups excluding carboxylic acids is 2. The zero-order chi connectivity index (χ0) is 16.8. The smallest absolute Gasteiger partial charge is 0.254 e. The van der Waals surface area contributed by atoms with Gasteiger partial charge in [0.15, 0.2) is 5.78 Å². The summed E-state index contributed by atoms with van der Waals surface area (Å²) >= 11 is 3.48. The highest BCUT2D eigenvalue weighted by molar-refractivity contribution is 9.10. The number of primary amides is 1. The van der Waals surface area contributed by atoms with Crippen LogP contribution >= 0.6 is 15.9 Å². The third-order valence-electron chi connectivity index (χ3n) is 4.47. The van der Waals surface area contributed by atoms with Gasteiger partial charge in [0.2, 0.25) is 0 Å². The summed E-state index contributed by atoms with van der Waals surface area (Å²) in [4.78, 5) is 24.3. The monoisotopic (exact) mass is 386 g/mol. The number of anilines is 1. The van der Waals surface area contributed by atoms with Crippen molar-refractivity contribution in [2.75, 3.05) is 5.32 Å². The minimum Gasteiger partial charge on any atom is -0.365 e. The number of fused-ring (bicyclic) bond motifs is 1. The van der Waals surface area contributed by atoms with Gasteiger partial charge in [0, 0.05) is 22.2 Å². The van der Waals surface area contributed by atoms with Gasteiger partial charge in [-0.1, -0.05) is 28.1 Å². The highest BCUT2D eigenvalue weighted by Gasteiger charge is 2.37. The molecule has 0 unspecified atom stereocenters. The van der Waals surface area contributed by atoms with Gasteiger partial charge in [0.05, 0.1) is 6.20 Å². The Morgan fingerprint density at radius 2 is 2.21 bits per heavy atom. The topological polar surface area (TPSA) is 90.0 Å². The highest BCUT2D eigenvalue weighted by Crippen LogP contribution is 2.41. The van der Waals surface area contributed by atoms with E-state index in [1.54, 1.807) is 4.68 Å². The molecule has 2 aliphatic rings. The first-order valence-electron chi connectivity index (χ1n) is 7.72. The summed E-state index contributed by atoms with van der Waals surface area (Å²) in [6.45, 7) is 0. The number of hydrogen-bond donors (Lipinski definition) is 2. The summed E-state index contributed by atoms with van der Waals surface area (Å²) < 4.78 is 2.61. The Bertz CT molecular complexity index is 900. The Morgan fingerprint density at radius 3 is 2.96 bits per heavy atom. The number of halogens is 1. The molecule has 1 aromatic carbocycles. The van der Waals surface area contributed by atoms with Crippen LogP contribution in [-0.4, -0.2) is 21.5 Å². The minimum atomic E-state index is -0.539. The third-order valence-corrected chi connectivity index (χ3v) is 4.96. The zero-order valence-corrected chi connectivity index (χ0v) is 14.3. The van der Waals surface area contributed by atoms with Gasteiger partial charge in [-0.25, -0.2) is 4.68 Å². The van der Waals surface area contributed by atoms with Crippen molar-refractivity contribution in [2.24, 2.45) is 5.73 Å². The number of benzene rings is 1. The summed E-state index contributed by atoms with van der Waals surface area (Å²) in [5, 5.41) is 7.56. The molecule has 0 saturated carbocycles. The average Bonchev–Trinajstić information content (AvgIpc) is 2.97. The number of ketones is 1. The molecule has 1 aliphatic heterocycles. The number of nitrogens with one attached hydrogen (secondary N) is 1. The van der Waals surface area contributed by atoms with Gasteiger partial charge in [0.1, 0.15) is 17.4 Å². The van der Waals surface area contributed by atoms with E-state index in [0.29, 0.717) is 17.8 Å². The van der Waals surface area contributed by atoms with E-state index in [9.17, 15) is 9.59 Å². The average molecular weight is 387 g/mol. The van der Waals surface area contributed by atoms with E-state index in [0.717, 1.165) is 34.1 Å². The molecular formula is C17H15BrN4O2. The van der Waals surface area contributed by atoms with Crippen LogP contribution in [0.4, 0.5) is 5.82 Å². The van der Waals surface area contributed by atoms with E-state index in [4.69, 9.17) is 5.73 Å². The molecule has 122 valence electrons. The van der Waals surface area contributed by atoms with Crippen LogP contribution in [0.15, 0.2) is 46.2 Å². The van der Waals surface area contributed by atoms with Crippen molar-refractivity contribution in [3.05, 3.63) is 57.3 Å². The Hall–Kier alpha value is -2.41. The second-order valence-corrected chi connectivity index (χ2v) is 6.88. The Balaban J connectivity index is 1.95. The Morgan fingerprint density at radius 1 is 1.38 bits per heavy atom. The van der Waals surface area contributed by atoms with Crippen molar-refractivity contribution in [3.63, 3.8) is 0 Å². The zero-order valence-electron chi connectivity index (χ0n) is 12.8. The van der Waals surface area contributed by atoms with E-state index >= 15 is 0 Å². The van der Waals surface area contributed by atoms with Crippen molar-refractivity contribution >= 4 is 33.4 Å². The van der Waals surface area contributed by atoms with Crippen LogP contribution in [0.5, 0.6) is 0 Å². The first-order chi connectivity index (χ1) is 11.6. The molecule has 6 nitrogen and oxygen atoms in total. The molecule has 3 N–H and O–H groups in total. The first kappa shape index (κ1) is 15.1. The number of carbonyl (C=O) groups is 2. The molecular weight excluding hydrogens is 372 g/mol. The van der Waals surface area contributed by atoms with E-state index in [1.165, 1.54) is 6.20 Å². The number of nitrogens with zero attached hydrogens (tertiary/aromatic N) is 2.